The third-order valence-electron chi connectivity index (χ3n) is 1.88. The summed E-state index contributed by atoms with van der Waals surface area (Å²) >= 11 is 0. The van der Waals surface area contributed by atoms with Crippen molar-refractivity contribution < 1.29 is 78.8 Å². The molecular weight excluding hydrogens is 449 g/mol. The van der Waals surface area contributed by atoms with Gasteiger partial charge in [0.15, 0.2) is 0 Å². The van der Waals surface area contributed by atoms with Crippen molar-refractivity contribution in [2.24, 2.45) is 0 Å². The summed E-state index contributed by atoms with van der Waals surface area (Å²) in [6, 6.07) is 0. The van der Waals surface area contributed by atoms with Crippen LogP contribution in [0.25, 0.3) is 0 Å². The summed E-state index contributed by atoms with van der Waals surface area (Å²) in [6.45, 7) is 0. The van der Waals surface area contributed by atoms with Crippen molar-refractivity contribution in [1.29, 1.82) is 0 Å². The molecule has 0 aliphatic carbocycles. The van der Waals surface area contributed by atoms with Crippen LogP contribution in [0, 0.1) is 0 Å². The van der Waals surface area contributed by atoms with E-state index in [-0.39, 0.29) is 0 Å². The molecule has 0 aromatic heterocycles. The Balaban J connectivity index is 0. The van der Waals surface area contributed by atoms with Crippen molar-refractivity contribution in [2.45, 2.75) is 29.5 Å². The Kier molecular flexibility index (Phi) is 7.54. The van der Waals surface area contributed by atoms with E-state index in [4.69, 9.17) is 13.0 Å². The van der Waals surface area contributed by atoms with Crippen molar-refractivity contribution >= 4 is 10.1 Å². The van der Waals surface area contributed by atoms with Crippen molar-refractivity contribution in [3.8, 4) is 0 Å². The smallest absolute Gasteiger partial charge is 0.279 e. The molecule has 0 spiro atoms. The number of hydrogen-bond donors (Lipinski definition) is 1. The highest BCUT2D eigenvalue weighted by molar-refractivity contribution is 7.86. The molecule has 0 amide bonds. The van der Waals surface area contributed by atoms with Crippen LogP contribution in [-0.2, 0) is 10.1 Å². The molecule has 1 N–H and O–H groups in total. The SMILES string of the molecule is FC(F)=C(F)C(F)(F)C(F)(F)C(F)(F)C(F)(F)F.O=S(=O)(O)C(F)(F)F. The van der Waals surface area contributed by atoms with Gasteiger partial charge < -0.3 is 0 Å². The highest BCUT2D eigenvalue weighted by Gasteiger charge is 2.83. The Bertz CT molecular complexity index is 621. The standard InChI is InChI=1S/C6F12.CHF3O3S/c7-1(2(8)9)3(10,11)4(12,13)5(14,15)6(16,17)18;2-1(3,4)8(5,6)7/h;(H,5,6,7). The minimum absolute atomic E-state index is 4.14. The number of hydrogen-bond acceptors (Lipinski definition) is 2. The first-order chi connectivity index (χ1) is 10.9. The van der Waals surface area contributed by atoms with Gasteiger partial charge in [0.05, 0.1) is 0 Å². The van der Waals surface area contributed by atoms with Gasteiger partial charge in [0.2, 0.25) is 5.83 Å². The maximum atomic E-state index is 12.3. The fourth-order valence-electron chi connectivity index (χ4n) is 0.632. The van der Waals surface area contributed by atoms with Gasteiger partial charge in [-0.25, -0.2) is 0 Å². The van der Waals surface area contributed by atoms with Crippen molar-refractivity contribution in [3.63, 3.8) is 0 Å². The van der Waals surface area contributed by atoms with E-state index in [9.17, 15) is 65.9 Å². The van der Waals surface area contributed by atoms with Crippen molar-refractivity contribution in [3.05, 3.63) is 11.9 Å². The van der Waals surface area contributed by atoms with Crippen LogP contribution in [0.5, 0.6) is 0 Å². The zero-order valence-electron chi connectivity index (χ0n) is 10.8. The van der Waals surface area contributed by atoms with E-state index in [0.29, 0.717) is 0 Å². The molecule has 0 aromatic rings. The average molecular weight is 450 g/mol. The molecule has 0 unspecified atom stereocenters. The summed E-state index contributed by atoms with van der Waals surface area (Å²) in [7, 11) is -5.84. The first-order valence-corrected chi connectivity index (χ1v) is 6.24. The molecule has 0 aliphatic rings. The molecular formula is C7HF15O3S. The van der Waals surface area contributed by atoms with Gasteiger partial charge in [0.1, 0.15) is 0 Å². The molecule has 3 nitrogen and oxygen atoms in total. The largest absolute Gasteiger partial charge is 0.522 e. The van der Waals surface area contributed by atoms with E-state index in [2.05, 4.69) is 0 Å². The second-order valence-electron chi connectivity index (χ2n) is 3.72. The second-order valence-corrected chi connectivity index (χ2v) is 5.13. The van der Waals surface area contributed by atoms with Gasteiger partial charge in [-0.2, -0.15) is 74.3 Å². The highest BCUT2D eigenvalue weighted by Crippen LogP contribution is 2.55. The molecule has 26 heavy (non-hydrogen) atoms. The van der Waals surface area contributed by atoms with E-state index < -0.39 is 51.5 Å². The van der Waals surface area contributed by atoms with E-state index in [1.807, 2.05) is 0 Å². The number of halogens is 15. The predicted molar refractivity (Wildman–Crippen MR) is 48.8 cm³/mol. The molecule has 158 valence electrons. The fraction of sp³-hybridized carbons (Fsp3) is 0.714. The van der Waals surface area contributed by atoms with Crippen LogP contribution in [-0.4, -0.2) is 42.4 Å². The van der Waals surface area contributed by atoms with Crippen LogP contribution >= 0.6 is 0 Å². The quantitative estimate of drug-likeness (QED) is 0.377. The average Bonchev–Trinajstić information content (AvgIpc) is 2.33. The van der Waals surface area contributed by atoms with Gasteiger partial charge in [-0.05, 0) is 0 Å². The topological polar surface area (TPSA) is 54.4 Å². The third kappa shape index (κ3) is 5.30. The minimum atomic E-state index is -7.42. The van der Waals surface area contributed by atoms with Gasteiger partial charge in [0.25, 0.3) is 0 Å². The lowest BCUT2D eigenvalue weighted by molar-refractivity contribution is -0.392. The van der Waals surface area contributed by atoms with Crippen LogP contribution in [0.3, 0.4) is 0 Å². The normalized spacial score (nSPS) is 14.5. The zero-order valence-corrected chi connectivity index (χ0v) is 11.7. The molecule has 0 radical (unpaired) electrons. The van der Waals surface area contributed by atoms with Crippen molar-refractivity contribution in [2.75, 3.05) is 0 Å². The second kappa shape index (κ2) is 7.31. The summed E-state index contributed by atoms with van der Waals surface area (Å²) in [6.07, 6.45) is -11.3. The Hall–Kier alpha value is -1.40. The van der Waals surface area contributed by atoms with E-state index in [1.165, 1.54) is 0 Å². The van der Waals surface area contributed by atoms with Crippen LogP contribution in [0.1, 0.15) is 0 Å². The fourth-order valence-corrected chi connectivity index (χ4v) is 0.632. The van der Waals surface area contributed by atoms with Crippen LogP contribution in [0.2, 0.25) is 0 Å². The maximum Gasteiger partial charge on any atom is 0.522 e. The lowest BCUT2D eigenvalue weighted by Crippen LogP contribution is -2.61. The molecule has 0 saturated carbocycles. The summed E-state index contributed by atoms with van der Waals surface area (Å²) in [5.74, 6) is -26.2. The summed E-state index contributed by atoms with van der Waals surface area (Å²) < 4.78 is 199. The third-order valence-corrected chi connectivity index (χ3v) is 2.46. The molecule has 0 saturated heterocycles. The molecule has 0 heterocycles. The lowest BCUT2D eigenvalue weighted by Gasteiger charge is -2.32. The molecule has 0 fully saturated rings. The van der Waals surface area contributed by atoms with Gasteiger partial charge in [-0.3, -0.25) is 4.55 Å². The Morgan fingerprint density at radius 2 is 0.923 bits per heavy atom. The number of rotatable bonds is 3. The summed E-state index contributed by atoms with van der Waals surface area (Å²) in [4.78, 5) is 0. The Morgan fingerprint density at radius 3 is 1.08 bits per heavy atom. The monoisotopic (exact) mass is 450 g/mol. The van der Waals surface area contributed by atoms with Gasteiger partial charge in [0, 0.05) is 0 Å². The van der Waals surface area contributed by atoms with E-state index in [0.717, 1.165) is 0 Å². The molecule has 0 bridgehead atoms. The van der Waals surface area contributed by atoms with Crippen molar-refractivity contribution in [1.82, 2.24) is 0 Å². The minimum Gasteiger partial charge on any atom is -0.279 e. The molecule has 0 aromatic carbocycles. The summed E-state index contributed by atoms with van der Waals surface area (Å²) in [5, 5.41) is 0. The predicted octanol–water partition coefficient (Wildman–Crippen LogP) is 4.93. The number of alkyl halides is 12. The molecule has 0 aliphatic heterocycles. The molecule has 0 atom stereocenters. The van der Waals surface area contributed by atoms with E-state index in [1.54, 1.807) is 0 Å². The Morgan fingerprint density at radius 1 is 0.654 bits per heavy atom. The van der Waals surface area contributed by atoms with Crippen LogP contribution in [0.15, 0.2) is 11.9 Å². The first kappa shape index (κ1) is 26.8. The highest BCUT2D eigenvalue weighted by atomic mass is 32.2. The zero-order chi connectivity index (χ0) is 22.2. The first-order valence-electron chi connectivity index (χ1n) is 4.80. The van der Waals surface area contributed by atoms with Gasteiger partial charge >= 0.3 is 45.7 Å². The Labute approximate surface area is 131 Å². The lowest BCUT2D eigenvalue weighted by atomic mass is 10.0. The van der Waals surface area contributed by atoms with E-state index >= 15 is 0 Å². The van der Waals surface area contributed by atoms with Gasteiger partial charge in [-0.15, -0.1) is 0 Å². The maximum absolute atomic E-state index is 12.3. The molecule has 19 heteroatoms. The van der Waals surface area contributed by atoms with Crippen LogP contribution in [0.4, 0.5) is 65.9 Å². The molecule has 0 rings (SSSR count). The van der Waals surface area contributed by atoms with Crippen LogP contribution < -0.4 is 0 Å². The number of allylic oxidation sites excluding steroid dienone is 1. The van der Waals surface area contributed by atoms with Gasteiger partial charge in [-0.1, -0.05) is 0 Å². The summed E-state index contributed by atoms with van der Waals surface area (Å²) in [5.41, 5.74) is -5.53.